The summed E-state index contributed by atoms with van der Waals surface area (Å²) in [6, 6.07) is 11.9. The van der Waals surface area contributed by atoms with E-state index in [2.05, 4.69) is 6.07 Å². The van der Waals surface area contributed by atoms with E-state index < -0.39 is 0 Å². The van der Waals surface area contributed by atoms with Gasteiger partial charge in [0, 0.05) is 11.4 Å². The third-order valence-electron chi connectivity index (χ3n) is 3.08. The highest BCUT2D eigenvalue weighted by atomic mass is 32.2. The van der Waals surface area contributed by atoms with E-state index in [1.165, 1.54) is 11.8 Å². The van der Waals surface area contributed by atoms with Crippen LogP contribution in [0.2, 0.25) is 0 Å². The highest BCUT2D eigenvalue weighted by Crippen LogP contribution is 2.21. The van der Waals surface area contributed by atoms with Gasteiger partial charge in [0.05, 0.1) is 11.8 Å². The van der Waals surface area contributed by atoms with Gasteiger partial charge in [0.25, 0.3) is 0 Å². The quantitative estimate of drug-likeness (QED) is 0.785. The number of hydrogen-bond acceptors (Lipinski definition) is 3. The van der Waals surface area contributed by atoms with Gasteiger partial charge in [-0.05, 0) is 31.4 Å². The van der Waals surface area contributed by atoms with E-state index in [4.69, 9.17) is 5.26 Å². The minimum absolute atomic E-state index is 0.0788. The fraction of sp³-hybridized carbons (Fsp3) is 0.429. The molecule has 0 aliphatic carbocycles. The largest absolute Gasteiger partial charge is 0.326 e. The first-order valence-electron chi connectivity index (χ1n) is 6.18. The molecule has 1 atom stereocenters. The molecule has 94 valence electrons. The van der Waals surface area contributed by atoms with E-state index in [0.29, 0.717) is 5.75 Å². The van der Waals surface area contributed by atoms with Crippen LogP contribution in [0, 0.1) is 11.3 Å². The van der Waals surface area contributed by atoms with Crippen LogP contribution < -0.4 is 0 Å². The number of nitrogens with zero attached hydrogens (tertiary/aromatic N) is 2. The Morgan fingerprint density at radius 2 is 2.17 bits per heavy atom. The summed E-state index contributed by atoms with van der Waals surface area (Å²) >= 11 is 1.53. The summed E-state index contributed by atoms with van der Waals surface area (Å²) in [5.41, 5.74) is 0. The van der Waals surface area contributed by atoms with E-state index in [1.54, 1.807) is 4.90 Å². The molecule has 1 saturated heterocycles. The number of amides is 1. The van der Waals surface area contributed by atoms with Crippen LogP contribution in [-0.2, 0) is 4.79 Å². The van der Waals surface area contributed by atoms with Crippen LogP contribution in [0.1, 0.15) is 19.3 Å². The number of nitriles is 1. The number of piperidine rings is 1. The van der Waals surface area contributed by atoms with Crippen LogP contribution in [-0.4, -0.2) is 29.1 Å². The van der Waals surface area contributed by atoms with Crippen molar-refractivity contribution in [3.63, 3.8) is 0 Å². The van der Waals surface area contributed by atoms with E-state index in [0.717, 1.165) is 30.7 Å². The maximum atomic E-state index is 12.1. The molecule has 1 fully saturated rings. The molecule has 3 nitrogen and oxygen atoms in total. The SMILES string of the molecule is N#CC1CCCCN1C(=O)CSc1ccccc1. The molecule has 0 N–H and O–H groups in total. The minimum atomic E-state index is -0.220. The van der Waals surface area contributed by atoms with Crippen molar-refractivity contribution in [2.45, 2.75) is 30.2 Å². The molecule has 0 aromatic heterocycles. The van der Waals surface area contributed by atoms with Gasteiger partial charge >= 0.3 is 0 Å². The molecule has 18 heavy (non-hydrogen) atoms. The number of thioether (sulfide) groups is 1. The van der Waals surface area contributed by atoms with Crippen LogP contribution in [0.3, 0.4) is 0 Å². The number of rotatable bonds is 3. The lowest BCUT2D eigenvalue weighted by Crippen LogP contribution is -2.43. The van der Waals surface area contributed by atoms with Crippen LogP contribution in [0.5, 0.6) is 0 Å². The molecule has 0 spiro atoms. The Labute approximate surface area is 112 Å². The number of hydrogen-bond donors (Lipinski definition) is 0. The van der Waals surface area contributed by atoms with Crippen LogP contribution in [0.15, 0.2) is 35.2 Å². The van der Waals surface area contributed by atoms with E-state index >= 15 is 0 Å². The van der Waals surface area contributed by atoms with Gasteiger partial charge in [0.15, 0.2) is 0 Å². The minimum Gasteiger partial charge on any atom is -0.326 e. The Kier molecular flexibility index (Phi) is 4.66. The summed E-state index contributed by atoms with van der Waals surface area (Å²) in [7, 11) is 0. The average Bonchev–Trinajstić information content (AvgIpc) is 2.45. The molecule has 1 aromatic rings. The Bertz CT molecular complexity index is 441. The maximum absolute atomic E-state index is 12.1. The molecule has 2 rings (SSSR count). The fourth-order valence-electron chi connectivity index (χ4n) is 2.11. The Hall–Kier alpha value is -1.47. The first-order valence-corrected chi connectivity index (χ1v) is 7.17. The number of benzene rings is 1. The van der Waals surface area contributed by atoms with E-state index in [9.17, 15) is 4.79 Å². The van der Waals surface area contributed by atoms with Crippen LogP contribution in [0.25, 0.3) is 0 Å². The van der Waals surface area contributed by atoms with Crippen molar-refractivity contribution in [3.05, 3.63) is 30.3 Å². The number of carbonyl (C=O) groups excluding carboxylic acids is 1. The lowest BCUT2D eigenvalue weighted by molar-refractivity contribution is -0.130. The van der Waals surface area contributed by atoms with Gasteiger partial charge < -0.3 is 4.90 Å². The second-order valence-electron chi connectivity index (χ2n) is 4.33. The summed E-state index contributed by atoms with van der Waals surface area (Å²) < 4.78 is 0. The third kappa shape index (κ3) is 3.27. The van der Waals surface area contributed by atoms with Gasteiger partial charge in [-0.2, -0.15) is 5.26 Å². The molecule has 1 aromatic carbocycles. The lowest BCUT2D eigenvalue weighted by atomic mass is 10.0. The average molecular weight is 260 g/mol. The third-order valence-corrected chi connectivity index (χ3v) is 4.07. The smallest absolute Gasteiger partial charge is 0.234 e. The molecule has 1 unspecified atom stereocenters. The van der Waals surface area contributed by atoms with Gasteiger partial charge in [0.1, 0.15) is 6.04 Å². The van der Waals surface area contributed by atoms with Crippen LogP contribution in [0.4, 0.5) is 0 Å². The van der Waals surface area contributed by atoms with Gasteiger partial charge in [-0.1, -0.05) is 18.2 Å². The normalized spacial score (nSPS) is 19.3. The summed E-state index contributed by atoms with van der Waals surface area (Å²) in [6.07, 6.45) is 2.88. The molecular formula is C14H16N2OS. The van der Waals surface area contributed by atoms with Crippen molar-refractivity contribution in [1.82, 2.24) is 4.90 Å². The van der Waals surface area contributed by atoms with Crippen molar-refractivity contribution in [1.29, 1.82) is 5.26 Å². The molecule has 4 heteroatoms. The lowest BCUT2D eigenvalue weighted by Gasteiger charge is -2.31. The zero-order chi connectivity index (χ0) is 12.8. The Morgan fingerprint density at radius 3 is 2.89 bits per heavy atom. The zero-order valence-corrected chi connectivity index (χ0v) is 11.0. The van der Waals surface area contributed by atoms with E-state index in [1.807, 2.05) is 30.3 Å². The second kappa shape index (κ2) is 6.46. The molecule has 1 aliphatic rings. The molecule has 0 bridgehead atoms. The van der Waals surface area contributed by atoms with Crippen molar-refractivity contribution >= 4 is 17.7 Å². The van der Waals surface area contributed by atoms with Gasteiger partial charge in [-0.15, -0.1) is 11.8 Å². The Morgan fingerprint density at radius 1 is 1.39 bits per heavy atom. The monoisotopic (exact) mass is 260 g/mol. The van der Waals surface area contributed by atoms with Gasteiger partial charge in [-0.25, -0.2) is 0 Å². The number of carbonyl (C=O) groups is 1. The Balaban J connectivity index is 1.89. The molecule has 0 saturated carbocycles. The molecule has 0 radical (unpaired) electrons. The zero-order valence-electron chi connectivity index (χ0n) is 10.2. The summed E-state index contributed by atoms with van der Waals surface area (Å²) in [5, 5.41) is 9.04. The maximum Gasteiger partial charge on any atom is 0.234 e. The summed E-state index contributed by atoms with van der Waals surface area (Å²) in [4.78, 5) is 14.9. The topological polar surface area (TPSA) is 44.1 Å². The van der Waals surface area contributed by atoms with Gasteiger partial charge in [-0.3, -0.25) is 4.79 Å². The van der Waals surface area contributed by atoms with E-state index in [-0.39, 0.29) is 11.9 Å². The van der Waals surface area contributed by atoms with Gasteiger partial charge in [0.2, 0.25) is 5.91 Å². The highest BCUT2D eigenvalue weighted by molar-refractivity contribution is 8.00. The first kappa shape index (κ1) is 13.0. The standard InChI is InChI=1S/C14H16N2OS/c15-10-12-6-4-5-9-16(12)14(17)11-18-13-7-2-1-3-8-13/h1-3,7-8,12H,4-6,9,11H2. The predicted molar refractivity (Wildman–Crippen MR) is 72.1 cm³/mol. The molecule has 1 heterocycles. The first-order chi connectivity index (χ1) is 8.81. The summed E-state index contributed by atoms with van der Waals surface area (Å²) in [6.45, 7) is 0.729. The fourth-order valence-corrected chi connectivity index (χ4v) is 2.91. The predicted octanol–water partition coefficient (Wildman–Crippen LogP) is 2.68. The molecular weight excluding hydrogens is 244 g/mol. The van der Waals surface area contributed by atoms with Crippen molar-refractivity contribution in [2.75, 3.05) is 12.3 Å². The van der Waals surface area contributed by atoms with Crippen LogP contribution >= 0.6 is 11.8 Å². The van der Waals surface area contributed by atoms with Crippen molar-refractivity contribution in [3.8, 4) is 6.07 Å². The highest BCUT2D eigenvalue weighted by Gasteiger charge is 2.25. The van der Waals surface area contributed by atoms with Crippen molar-refractivity contribution in [2.24, 2.45) is 0 Å². The summed E-state index contributed by atoms with van der Waals surface area (Å²) in [5.74, 6) is 0.498. The van der Waals surface area contributed by atoms with Crippen molar-refractivity contribution < 1.29 is 4.79 Å². The second-order valence-corrected chi connectivity index (χ2v) is 5.38. The number of likely N-dealkylation sites (tertiary alicyclic amines) is 1. The molecule has 1 amide bonds. The molecule has 1 aliphatic heterocycles.